The van der Waals surface area contributed by atoms with Gasteiger partial charge < -0.3 is 8.94 Å². The first-order valence-electron chi connectivity index (χ1n) is 5.58. The second-order valence-electron chi connectivity index (χ2n) is 4.08. The summed E-state index contributed by atoms with van der Waals surface area (Å²) in [5.74, 6) is 1.63. The molecule has 0 aromatic carbocycles. The molecule has 3 aromatic rings. The molecule has 3 rings (SSSR count). The van der Waals surface area contributed by atoms with E-state index < -0.39 is 0 Å². The van der Waals surface area contributed by atoms with Crippen LogP contribution in [0.3, 0.4) is 0 Å². The van der Waals surface area contributed by atoms with Crippen LogP contribution in [0.1, 0.15) is 17.1 Å². The molecule has 0 amide bonds. The van der Waals surface area contributed by atoms with Gasteiger partial charge in [0.15, 0.2) is 5.76 Å². The second-order valence-corrected chi connectivity index (χ2v) is 4.08. The highest BCUT2D eigenvalue weighted by Gasteiger charge is 2.13. The Kier molecular flexibility index (Phi) is 2.47. The van der Waals surface area contributed by atoms with Crippen molar-refractivity contribution in [2.24, 2.45) is 7.05 Å². The Hall–Kier alpha value is -2.37. The van der Waals surface area contributed by atoms with Gasteiger partial charge in [-0.2, -0.15) is 10.1 Å². The number of aryl methyl sites for hydroxylation is 2. The van der Waals surface area contributed by atoms with Gasteiger partial charge in [-0.1, -0.05) is 5.16 Å². The van der Waals surface area contributed by atoms with Crippen LogP contribution in [0, 0.1) is 6.92 Å². The first-order valence-corrected chi connectivity index (χ1v) is 5.58. The quantitative estimate of drug-likeness (QED) is 0.704. The van der Waals surface area contributed by atoms with E-state index in [1.165, 1.54) is 0 Å². The number of hydrogen-bond donors (Lipinski definition) is 0. The third-order valence-electron chi connectivity index (χ3n) is 2.67. The van der Waals surface area contributed by atoms with Crippen molar-refractivity contribution in [3.63, 3.8) is 0 Å². The fraction of sp³-hybridized carbons (Fsp3) is 0.250. The van der Waals surface area contributed by atoms with Crippen molar-refractivity contribution in [1.29, 1.82) is 0 Å². The SMILES string of the molecule is Cc1nn(C)cc1Cc1nc(-c2ccco2)no1. The fourth-order valence-electron chi connectivity index (χ4n) is 1.82. The van der Waals surface area contributed by atoms with Crippen molar-refractivity contribution >= 4 is 0 Å². The van der Waals surface area contributed by atoms with E-state index in [1.807, 2.05) is 20.2 Å². The summed E-state index contributed by atoms with van der Waals surface area (Å²) in [5, 5.41) is 8.16. The normalized spacial score (nSPS) is 11.0. The smallest absolute Gasteiger partial charge is 0.238 e. The fourth-order valence-corrected chi connectivity index (χ4v) is 1.82. The maximum atomic E-state index is 5.21. The summed E-state index contributed by atoms with van der Waals surface area (Å²) in [4.78, 5) is 4.29. The molecule has 0 saturated heterocycles. The maximum Gasteiger partial charge on any atom is 0.238 e. The largest absolute Gasteiger partial charge is 0.461 e. The highest BCUT2D eigenvalue weighted by Crippen LogP contribution is 2.17. The average Bonchev–Trinajstić information content (AvgIpc) is 3.02. The average molecular weight is 244 g/mol. The lowest BCUT2D eigenvalue weighted by atomic mass is 10.2. The topological polar surface area (TPSA) is 69.9 Å². The van der Waals surface area contributed by atoms with Gasteiger partial charge in [-0.3, -0.25) is 4.68 Å². The number of furan rings is 1. The van der Waals surface area contributed by atoms with Gasteiger partial charge in [-0.15, -0.1) is 0 Å². The number of hydrogen-bond acceptors (Lipinski definition) is 5. The highest BCUT2D eigenvalue weighted by molar-refractivity contribution is 5.44. The summed E-state index contributed by atoms with van der Waals surface area (Å²) in [6.07, 6.45) is 4.11. The van der Waals surface area contributed by atoms with Gasteiger partial charge in [0.25, 0.3) is 0 Å². The monoisotopic (exact) mass is 244 g/mol. The molecular weight excluding hydrogens is 232 g/mol. The zero-order chi connectivity index (χ0) is 12.5. The molecule has 0 fully saturated rings. The molecule has 0 aliphatic rings. The molecule has 0 aliphatic heterocycles. The summed E-state index contributed by atoms with van der Waals surface area (Å²) in [6.45, 7) is 1.96. The lowest BCUT2D eigenvalue weighted by Crippen LogP contribution is -1.89. The van der Waals surface area contributed by atoms with Gasteiger partial charge in [0.1, 0.15) is 0 Å². The molecule has 0 radical (unpaired) electrons. The first kappa shape index (κ1) is 10.8. The number of aromatic nitrogens is 4. The zero-order valence-corrected chi connectivity index (χ0v) is 10.1. The molecule has 0 saturated carbocycles. The third kappa shape index (κ3) is 1.92. The Morgan fingerprint density at radius 1 is 1.39 bits per heavy atom. The molecule has 0 N–H and O–H groups in total. The van der Waals surface area contributed by atoms with Crippen LogP contribution < -0.4 is 0 Å². The van der Waals surface area contributed by atoms with Gasteiger partial charge >= 0.3 is 0 Å². The molecule has 0 spiro atoms. The van der Waals surface area contributed by atoms with Crippen molar-refractivity contribution in [3.05, 3.63) is 41.7 Å². The molecule has 3 aromatic heterocycles. The molecule has 3 heterocycles. The Morgan fingerprint density at radius 3 is 2.94 bits per heavy atom. The van der Waals surface area contributed by atoms with E-state index in [1.54, 1.807) is 23.1 Å². The first-order chi connectivity index (χ1) is 8.72. The lowest BCUT2D eigenvalue weighted by molar-refractivity contribution is 0.384. The van der Waals surface area contributed by atoms with Crippen molar-refractivity contribution in [2.75, 3.05) is 0 Å². The van der Waals surface area contributed by atoms with Crippen molar-refractivity contribution < 1.29 is 8.94 Å². The minimum absolute atomic E-state index is 0.469. The van der Waals surface area contributed by atoms with Crippen LogP contribution >= 0.6 is 0 Å². The molecular formula is C12H12N4O2. The predicted octanol–water partition coefficient (Wildman–Crippen LogP) is 1.96. The van der Waals surface area contributed by atoms with Crippen LogP contribution in [-0.4, -0.2) is 19.9 Å². The Bertz CT molecular complexity index is 651. The Labute approximate surface area is 103 Å². The molecule has 92 valence electrons. The molecule has 6 nitrogen and oxygen atoms in total. The van der Waals surface area contributed by atoms with E-state index in [0.29, 0.717) is 23.9 Å². The van der Waals surface area contributed by atoms with Gasteiger partial charge in [0.2, 0.25) is 11.7 Å². The van der Waals surface area contributed by atoms with E-state index >= 15 is 0 Å². The van der Waals surface area contributed by atoms with Gasteiger partial charge in [-0.05, 0) is 19.1 Å². The number of rotatable bonds is 3. The summed E-state index contributed by atoms with van der Waals surface area (Å²) in [7, 11) is 1.89. The van der Waals surface area contributed by atoms with Crippen molar-refractivity contribution in [3.8, 4) is 11.6 Å². The van der Waals surface area contributed by atoms with Crippen LogP contribution in [0.15, 0.2) is 33.5 Å². The van der Waals surface area contributed by atoms with E-state index in [2.05, 4.69) is 15.2 Å². The predicted molar refractivity (Wildman–Crippen MR) is 62.8 cm³/mol. The number of nitrogens with zero attached hydrogens (tertiary/aromatic N) is 4. The van der Waals surface area contributed by atoms with Crippen LogP contribution in [-0.2, 0) is 13.5 Å². The maximum absolute atomic E-state index is 5.21. The summed E-state index contributed by atoms with van der Waals surface area (Å²) in [5.41, 5.74) is 2.04. The van der Waals surface area contributed by atoms with E-state index in [4.69, 9.17) is 8.94 Å². The minimum Gasteiger partial charge on any atom is -0.461 e. The summed E-state index contributed by atoms with van der Waals surface area (Å²) in [6, 6.07) is 3.58. The van der Waals surface area contributed by atoms with Crippen molar-refractivity contribution in [1.82, 2.24) is 19.9 Å². The summed E-state index contributed by atoms with van der Waals surface area (Å²) >= 11 is 0. The molecule has 0 aliphatic carbocycles. The Balaban J connectivity index is 1.84. The van der Waals surface area contributed by atoms with Gasteiger partial charge in [-0.25, -0.2) is 0 Å². The molecule has 0 unspecified atom stereocenters. The van der Waals surface area contributed by atoms with Gasteiger partial charge in [0.05, 0.1) is 18.4 Å². The van der Waals surface area contributed by atoms with Crippen LogP contribution in [0.2, 0.25) is 0 Å². The zero-order valence-electron chi connectivity index (χ0n) is 10.1. The molecule has 0 bridgehead atoms. The van der Waals surface area contributed by atoms with E-state index in [0.717, 1.165) is 11.3 Å². The van der Waals surface area contributed by atoms with Crippen molar-refractivity contribution in [2.45, 2.75) is 13.3 Å². The Morgan fingerprint density at radius 2 is 2.28 bits per heavy atom. The van der Waals surface area contributed by atoms with Crippen LogP contribution in [0.25, 0.3) is 11.6 Å². The van der Waals surface area contributed by atoms with Crippen LogP contribution in [0.5, 0.6) is 0 Å². The standard InChI is InChI=1S/C12H12N4O2/c1-8-9(7-16(2)14-8)6-11-13-12(15-18-11)10-4-3-5-17-10/h3-5,7H,6H2,1-2H3. The molecule has 0 atom stereocenters. The van der Waals surface area contributed by atoms with Gasteiger partial charge in [0, 0.05) is 18.8 Å². The van der Waals surface area contributed by atoms with E-state index in [-0.39, 0.29) is 0 Å². The minimum atomic E-state index is 0.469. The molecule has 6 heteroatoms. The molecule has 18 heavy (non-hydrogen) atoms. The van der Waals surface area contributed by atoms with Crippen LogP contribution in [0.4, 0.5) is 0 Å². The highest BCUT2D eigenvalue weighted by atomic mass is 16.5. The van der Waals surface area contributed by atoms with E-state index in [9.17, 15) is 0 Å². The summed E-state index contributed by atoms with van der Waals surface area (Å²) < 4.78 is 12.2. The lowest BCUT2D eigenvalue weighted by Gasteiger charge is -1.90. The second kappa shape index (κ2) is 4.14. The third-order valence-corrected chi connectivity index (χ3v) is 2.67.